The summed E-state index contributed by atoms with van der Waals surface area (Å²) in [6, 6.07) is 7.83. The number of alkyl halides is 3. The predicted molar refractivity (Wildman–Crippen MR) is 136 cm³/mol. The summed E-state index contributed by atoms with van der Waals surface area (Å²) in [5.74, 6) is -3.41. The van der Waals surface area contributed by atoms with Crippen molar-refractivity contribution in [2.24, 2.45) is 0 Å². The van der Waals surface area contributed by atoms with Gasteiger partial charge in [-0.2, -0.15) is 13.2 Å². The van der Waals surface area contributed by atoms with Crippen LogP contribution in [0.4, 0.5) is 13.2 Å². The van der Waals surface area contributed by atoms with Crippen LogP contribution in [0.3, 0.4) is 0 Å². The lowest BCUT2D eigenvalue weighted by Crippen LogP contribution is -2.64. The summed E-state index contributed by atoms with van der Waals surface area (Å²) in [7, 11) is 3.31. The lowest BCUT2D eigenvalue weighted by Gasteiger charge is -2.44. The summed E-state index contributed by atoms with van der Waals surface area (Å²) in [5.41, 5.74) is -5.34. The fourth-order valence-corrected chi connectivity index (χ4v) is 5.17. The van der Waals surface area contributed by atoms with E-state index in [4.69, 9.17) is 28.4 Å². The minimum Gasteiger partial charge on any atom is -0.496 e. The van der Waals surface area contributed by atoms with Crippen molar-refractivity contribution in [3.8, 4) is 11.5 Å². The van der Waals surface area contributed by atoms with Gasteiger partial charge in [0.25, 0.3) is 5.60 Å². The van der Waals surface area contributed by atoms with Crippen LogP contribution in [0.1, 0.15) is 40.9 Å². The van der Waals surface area contributed by atoms with E-state index in [9.17, 15) is 27.6 Å². The molecule has 1 aliphatic heterocycles. The summed E-state index contributed by atoms with van der Waals surface area (Å²) < 4.78 is 76.7. The zero-order chi connectivity index (χ0) is 30.5. The molecule has 9 nitrogen and oxygen atoms in total. The monoisotopic (exact) mass is 578 g/mol. The maximum Gasteiger partial charge on any atom is 0.432 e. The molecule has 0 N–H and O–H groups in total. The molecule has 220 valence electrons. The molecule has 2 aliphatic rings. The molecule has 0 amide bonds. The van der Waals surface area contributed by atoms with Crippen LogP contribution in [-0.2, 0) is 34.1 Å². The van der Waals surface area contributed by atoms with Crippen LogP contribution in [0.25, 0.3) is 0 Å². The smallest absolute Gasteiger partial charge is 0.432 e. The molecule has 0 spiro atoms. The first kappa shape index (κ1) is 30.1. The number of ketones is 1. The van der Waals surface area contributed by atoms with Gasteiger partial charge in [-0.05, 0) is 39.3 Å². The van der Waals surface area contributed by atoms with Gasteiger partial charge in [0.2, 0.25) is 5.78 Å². The number of carbonyl (C=O) groups excluding carboxylic acids is 3. The number of aryl methyl sites for hydroxylation is 1. The number of Topliss-reactive ketones (excluding diaryl/α,β-unsaturated/α-hetero) is 1. The number of halogens is 3. The highest BCUT2D eigenvalue weighted by Crippen LogP contribution is 2.47. The van der Waals surface area contributed by atoms with Gasteiger partial charge in [-0.25, -0.2) is 9.59 Å². The van der Waals surface area contributed by atoms with E-state index in [1.165, 1.54) is 46.3 Å². The number of fused-ring (bicyclic) bond motifs is 2. The highest BCUT2D eigenvalue weighted by atomic mass is 19.4. The molecular formula is C29H29F3O9. The van der Waals surface area contributed by atoms with Crippen molar-refractivity contribution in [3.63, 3.8) is 0 Å². The van der Waals surface area contributed by atoms with E-state index in [1.54, 1.807) is 19.9 Å². The van der Waals surface area contributed by atoms with E-state index in [1.807, 2.05) is 0 Å². The number of methoxy groups -OCH3 is 3. The molecule has 2 aromatic rings. The molecule has 1 aliphatic carbocycles. The first-order valence-corrected chi connectivity index (χ1v) is 12.4. The lowest BCUT2D eigenvalue weighted by atomic mass is 9.79. The maximum absolute atomic E-state index is 14.5. The largest absolute Gasteiger partial charge is 0.496 e. The molecule has 0 saturated heterocycles. The molecule has 0 aromatic heterocycles. The summed E-state index contributed by atoms with van der Waals surface area (Å²) in [4.78, 5) is 40.4. The van der Waals surface area contributed by atoms with Crippen molar-refractivity contribution >= 4 is 17.7 Å². The highest BCUT2D eigenvalue weighted by Gasteiger charge is 2.66. The summed E-state index contributed by atoms with van der Waals surface area (Å²) in [6.07, 6.45) is -8.62. The van der Waals surface area contributed by atoms with Crippen molar-refractivity contribution in [1.82, 2.24) is 0 Å². The minimum atomic E-state index is -5.28. The third-order valence-corrected chi connectivity index (χ3v) is 7.63. The van der Waals surface area contributed by atoms with Crippen LogP contribution in [0.5, 0.6) is 11.5 Å². The van der Waals surface area contributed by atoms with Gasteiger partial charge in [0.05, 0.1) is 7.11 Å². The number of benzene rings is 2. The first-order chi connectivity index (χ1) is 19.2. The maximum atomic E-state index is 14.5. The number of hydrogen-bond donors (Lipinski definition) is 0. The number of carbonyl (C=O) groups is 3. The second-order valence-corrected chi connectivity index (χ2v) is 9.89. The van der Waals surface area contributed by atoms with Gasteiger partial charge in [0.1, 0.15) is 17.1 Å². The lowest BCUT2D eigenvalue weighted by molar-refractivity contribution is -0.281. The van der Waals surface area contributed by atoms with Crippen LogP contribution >= 0.6 is 0 Å². The van der Waals surface area contributed by atoms with Gasteiger partial charge in [-0.3, -0.25) is 4.79 Å². The minimum absolute atomic E-state index is 0.0375. The normalized spacial score (nSPS) is 23.9. The van der Waals surface area contributed by atoms with E-state index in [0.29, 0.717) is 24.0 Å². The molecule has 2 aromatic carbocycles. The number of rotatable bonds is 6. The molecule has 1 heterocycles. The van der Waals surface area contributed by atoms with Gasteiger partial charge in [-0.15, -0.1) is 0 Å². The third kappa shape index (κ3) is 4.45. The topological polar surface area (TPSA) is 107 Å². The van der Waals surface area contributed by atoms with Crippen molar-refractivity contribution in [1.29, 1.82) is 0 Å². The van der Waals surface area contributed by atoms with E-state index >= 15 is 0 Å². The van der Waals surface area contributed by atoms with Crippen molar-refractivity contribution < 1.29 is 56.0 Å². The average molecular weight is 579 g/mol. The van der Waals surface area contributed by atoms with E-state index in [-0.39, 0.29) is 22.6 Å². The molecule has 12 heteroatoms. The SMILES string of the molecule is COc1cc(C)c2c(c1C)C(=O)OC1=C(C)C(=O)[C@H](OC(=O)[C@](OC)(c3ccccc3)C(F)(F)F)[C@](C)(OC)[C@H]1O2. The van der Waals surface area contributed by atoms with Gasteiger partial charge in [0.15, 0.2) is 23.6 Å². The quantitative estimate of drug-likeness (QED) is 0.458. The Morgan fingerprint density at radius 1 is 1.02 bits per heavy atom. The molecule has 0 saturated carbocycles. The Labute approximate surface area is 234 Å². The molecule has 4 atom stereocenters. The first-order valence-electron chi connectivity index (χ1n) is 12.4. The highest BCUT2D eigenvalue weighted by molar-refractivity contribution is 6.04. The summed E-state index contributed by atoms with van der Waals surface area (Å²) >= 11 is 0. The van der Waals surface area contributed by atoms with Crippen LogP contribution in [-0.4, -0.2) is 63.0 Å². The Morgan fingerprint density at radius 2 is 1.66 bits per heavy atom. The predicted octanol–water partition coefficient (Wildman–Crippen LogP) is 4.51. The summed E-state index contributed by atoms with van der Waals surface area (Å²) in [5, 5.41) is 0. The average Bonchev–Trinajstić information content (AvgIpc) is 3.09. The second-order valence-electron chi connectivity index (χ2n) is 9.89. The fraction of sp³-hybridized carbons (Fsp3) is 0.414. The second kappa shape index (κ2) is 10.5. The standard InChI is InChI=1S/C29H29F3O9/c1-14-13-18(36-5)15(2)19-21(14)39-24-22(40-25(19)34)16(3)20(33)23(27(24,4)37-6)41-26(35)28(38-7,29(30,31)32)17-11-9-8-10-12-17/h8-13,23-24H,1-7H3/t23-,24-,27-,28+/m0/s1. The van der Waals surface area contributed by atoms with E-state index < -0.39 is 52.9 Å². The number of ether oxygens (including phenoxy) is 6. The van der Waals surface area contributed by atoms with Crippen LogP contribution in [0.2, 0.25) is 0 Å². The molecule has 41 heavy (non-hydrogen) atoms. The van der Waals surface area contributed by atoms with Gasteiger partial charge in [0, 0.05) is 30.9 Å². The van der Waals surface area contributed by atoms with Crippen molar-refractivity contribution in [2.45, 2.75) is 57.3 Å². The molecule has 0 radical (unpaired) electrons. The number of hydrogen-bond acceptors (Lipinski definition) is 9. The Bertz CT molecular complexity index is 1430. The molecular weight excluding hydrogens is 549 g/mol. The fourth-order valence-electron chi connectivity index (χ4n) is 5.17. The van der Waals surface area contributed by atoms with Gasteiger partial charge < -0.3 is 28.4 Å². The van der Waals surface area contributed by atoms with E-state index in [0.717, 1.165) is 12.1 Å². The molecule has 0 fully saturated rings. The molecule has 0 bridgehead atoms. The van der Waals surface area contributed by atoms with E-state index in [2.05, 4.69) is 0 Å². The van der Waals surface area contributed by atoms with Gasteiger partial charge in [-0.1, -0.05) is 30.3 Å². The zero-order valence-electron chi connectivity index (χ0n) is 23.4. The molecule has 4 rings (SSSR count). The third-order valence-electron chi connectivity index (χ3n) is 7.63. The Balaban J connectivity index is 1.86. The Kier molecular flexibility index (Phi) is 7.70. The Morgan fingerprint density at radius 3 is 2.20 bits per heavy atom. The Hall–Kier alpha value is -3.90. The zero-order valence-corrected chi connectivity index (χ0v) is 23.4. The van der Waals surface area contributed by atoms with Crippen LogP contribution in [0.15, 0.2) is 47.7 Å². The van der Waals surface area contributed by atoms with Gasteiger partial charge >= 0.3 is 18.1 Å². The van der Waals surface area contributed by atoms with Crippen LogP contribution in [0, 0.1) is 13.8 Å². The summed E-state index contributed by atoms with van der Waals surface area (Å²) in [6.45, 7) is 5.88. The molecule has 0 unspecified atom stereocenters. The van der Waals surface area contributed by atoms with Crippen molar-refractivity contribution in [2.75, 3.05) is 21.3 Å². The number of esters is 2. The van der Waals surface area contributed by atoms with Crippen LogP contribution < -0.4 is 9.47 Å². The van der Waals surface area contributed by atoms with Crippen molar-refractivity contribution in [3.05, 3.63) is 70.0 Å².